The summed E-state index contributed by atoms with van der Waals surface area (Å²) in [6.07, 6.45) is 0. The van der Waals surface area contributed by atoms with Gasteiger partial charge in [0, 0.05) is 27.9 Å². The van der Waals surface area contributed by atoms with Gasteiger partial charge in [-0.15, -0.1) is 0 Å². The van der Waals surface area contributed by atoms with Gasteiger partial charge >= 0.3 is 0 Å². The lowest BCUT2D eigenvalue weighted by Crippen LogP contribution is -2.17. The second kappa shape index (κ2) is 10.7. The second-order valence-corrected chi connectivity index (χ2v) is 16.1. The zero-order valence-corrected chi connectivity index (χ0v) is 30.5. The van der Waals surface area contributed by atoms with Gasteiger partial charge in [-0.05, 0) is 136 Å². The zero-order valence-electron chi connectivity index (χ0n) is 30.5. The number of anilines is 3. The lowest BCUT2D eigenvalue weighted by atomic mass is 9.79. The van der Waals surface area contributed by atoms with Crippen LogP contribution in [0.3, 0.4) is 0 Å². The largest absolute Gasteiger partial charge is 0.310 e. The third-order valence-corrected chi connectivity index (χ3v) is 12.5. The van der Waals surface area contributed by atoms with Crippen molar-refractivity contribution in [3.8, 4) is 22.3 Å². The van der Waals surface area contributed by atoms with E-state index in [4.69, 9.17) is 0 Å². The minimum absolute atomic E-state index is 0.0904. The lowest BCUT2D eigenvalue weighted by molar-refractivity contribution is 0.661. The third-order valence-electron chi connectivity index (χ3n) is 12.5. The van der Waals surface area contributed by atoms with Crippen LogP contribution in [-0.2, 0) is 10.8 Å². The molecule has 0 saturated heterocycles. The molecule has 0 atom stereocenters. The fourth-order valence-corrected chi connectivity index (χ4v) is 10.0. The molecule has 9 aromatic rings. The van der Waals surface area contributed by atoms with Crippen molar-refractivity contribution in [1.29, 1.82) is 0 Å². The summed E-state index contributed by atoms with van der Waals surface area (Å²) in [6.45, 7) is 9.59. The molecule has 1 nitrogen and oxygen atoms in total. The van der Waals surface area contributed by atoms with E-state index in [1.165, 1.54) is 93.3 Å². The number of rotatable bonds is 3. The van der Waals surface area contributed by atoms with E-state index in [-0.39, 0.29) is 10.8 Å². The summed E-state index contributed by atoms with van der Waals surface area (Å²) in [6, 6.07) is 61.3. The van der Waals surface area contributed by atoms with Gasteiger partial charge < -0.3 is 4.90 Å². The van der Waals surface area contributed by atoms with Gasteiger partial charge in [-0.25, -0.2) is 0 Å². The summed E-state index contributed by atoms with van der Waals surface area (Å²) in [4.78, 5) is 2.44. The van der Waals surface area contributed by atoms with Crippen molar-refractivity contribution in [2.45, 2.75) is 38.5 Å². The predicted octanol–water partition coefficient (Wildman–Crippen LogP) is 14.4. The molecular weight excluding hydrogens is 639 g/mol. The zero-order chi connectivity index (χ0) is 35.6. The van der Waals surface area contributed by atoms with Crippen LogP contribution in [0.25, 0.3) is 65.3 Å². The standard InChI is InChI=1S/C52H39N/c1-51(2)45-27-23-32-14-8-9-17-38(32)48(45)44-29-33-22-24-36(28-34(33)30-46(44)51)53(35-15-6-5-7-16-35)37-25-26-43-47(31-37)52(3,4)50-42-21-13-11-19-40(42)39-18-10-12-20-41(39)49(43)50/h5-31H,1-4H3. The van der Waals surface area contributed by atoms with Crippen molar-refractivity contribution in [2.75, 3.05) is 4.90 Å². The van der Waals surface area contributed by atoms with E-state index in [2.05, 4.69) is 196 Å². The van der Waals surface area contributed by atoms with Crippen LogP contribution in [0.1, 0.15) is 49.9 Å². The molecule has 2 aliphatic rings. The van der Waals surface area contributed by atoms with E-state index in [0.717, 1.165) is 11.4 Å². The first kappa shape index (κ1) is 30.4. The highest BCUT2D eigenvalue weighted by atomic mass is 15.1. The van der Waals surface area contributed by atoms with Crippen molar-refractivity contribution in [2.24, 2.45) is 0 Å². The summed E-state index contributed by atoms with van der Waals surface area (Å²) < 4.78 is 0. The van der Waals surface area contributed by atoms with Crippen LogP contribution in [0.2, 0.25) is 0 Å². The summed E-state index contributed by atoms with van der Waals surface area (Å²) >= 11 is 0. The van der Waals surface area contributed by atoms with Crippen molar-refractivity contribution >= 4 is 60.2 Å². The van der Waals surface area contributed by atoms with Gasteiger partial charge in [0.2, 0.25) is 0 Å². The van der Waals surface area contributed by atoms with Gasteiger partial charge in [0.05, 0.1) is 0 Å². The minimum atomic E-state index is -0.179. The Morgan fingerprint density at radius 1 is 0.340 bits per heavy atom. The molecule has 1 heteroatoms. The summed E-state index contributed by atoms with van der Waals surface area (Å²) in [5.74, 6) is 0. The van der Waals surface area contributed by atoms with Crippen LogP contribution in [0, 0.1) is 0 Å². The molecule has 0 fully saturated rings. The van der Waals surface area contributed by atoms with E-state index in [1.807, 2.05) is 0 Å². The van der Waals surface area contributed by atoms with E-state index in [0.29, 0.717) is 0 Å². The number of hydrogen-bond acceptors (Lipinski definition) is 1. The molecule has 11 rings (SSSR count). The molecule has 0 spiro atoms. The molecule has 53 heavy (non-hydrogen) atoms. The average Bonchev–Trinajstić information content (AvgIpc) is 3.57. The normalized spacial score (nSPS) is 14.7. The number of para-hydroxylation sites is 1. The fourth-order valence-electron chi connectivity index (χ4n) is 10.0. The Bertz CT molecular complexity index is 3000. The van der Waals surface area contributed by atoms with Gasteiger partial charge in [-0.3, -0.25) is 0 Å². The monoisotopic (exact) mass is 677 g/mol. The van der Waals surface area contributed by atoms with Gasteiger partial charge in [-0.2, -0.15) is 0 Å². The molecule has 252 valence electrons. The van der Waals surface area contributed by atoms with Crippen molar-refractivity contribution < 1.29 is 0 Å². The maximum absolute atomic E-state index is 2.46. The molecule has 0 heterocycles. The molecule has 0 aromatic heterocycles. The fraction of sp³-hybridized carbons (Fsp3) is 0.115. The summed E-state index contributed by atoms with van der Waals surface area (Å²) in [7, 11) is 0. The number of fused-ring (bicyclic) bond motifs is 14. The lowest BCUT2D eigenvalue weighted by Gasteiger charge is -2.29. The molecule has 9 aromatic carbocycles. The van der Waals surface area contributed by atoms with Crippen molar-refractivity contribution in [3.05, 3.63) is 186 Å². The first-order valence-corrected chi connectivity index (χ1v) is 18.9. The van der Waals surface area contributed by atoms with Crippen molar-refractivity contribution in [1.82, 2.24) is 0 Å². The first-order chi connectivity index (χ1) is 25.8. The van der Waals surface area contributed by atoms with Crippen LogP contribution in [0.4, 0.5) is 17.1 Å². The molecule has 0 N–H and O–H groups in total. The highest BCUT2D eigenvalue weighted by Crippen LogP contribution is 2.56. The summed E-state index contributed by atoms with van der Waals surface area (Å²) in [5.41, 5.74) is 14.3. The third kappa shape index (κ3) is 4.14. The number of hydrogen-bond donors (Lipinski definition) is 0. The van der Waals surface area contributed by atoms with Gasteiger partial charge in [0.1, 0.15) is 0 Å². The van der Waals surface area contributed by atoms with E-state index in [1.54, 1.807) is 0 Å². The van der Waals surface area contributed by atoms with E-state index < -0.39 is 0 Å². The Labute approximate surface area is 310 Å². The second-order valence-electron chi connectivity index (χ2n) is 16.1. The van der Waals surface area contributed by atoms with Crippen LogP contribution in [0.5, 0.6) is 0 Å². The smallest absolute Gasteiger partial charge is 0.0468 e. The average molecular weight is 678 g/mol. The Morgan fingerprint density at radius 2 is 0.943 bits per heavy atom. The molecule has 0 unspecified atom stereocenters. The number of benzene rings is 9. The van der Waals surface area contributed by atoms with Crippen LogP contribution >= 0.6 is 0 Å². The molecule has 0 amide bonds. The van der Waals surface area contributed by atoms with Crippen LogP contribution in [-0.4, -0.2) is 0 Å². The SMILES string of the molecule is CC1(C)c2cc3cc(N(c4ccccc4)c4ccc5c(c4)C(C)(C)c4c-5c5ccccc5c5ccccc45)ccc3cc2-c2c1ccc1ccccc21. The Balaban J connectivity index is 1.10. The van der Waals surface area contributed by atoms with Gasteiger partial charge in [0.15, 0.2) is 0 Å². The molecule has 0 radical (unpaired) electrons. The maximum Gasteiger partial charge on any atom is 0.0468 e. The van der Waals surface area contributed by atoms with E-state index in [9.17, 15) is 0 Å². The molecule has 0 aliphatic heterocycles. The predicted molar refractivity (Wildman–Crippen MR) is 226 cm³/mol. The molecule has 2 aliphatic carbocycles. The Hall–Kier alpha value is -6.18. The van der Waals surface area contributed by atoms with Crippen LogP contribution in [0.15, 0.2) is 164 Å². The Morgan fingerprint density at radius 3 is 1.74 bits per heavy atom. The molecule has 0 saturated carbocycles. The number of nitrogens with zero attached hydrogens (tertiary/aromatic N) is 1. The Kier molecular flexibility index (Phi) is 6.14. The van der Waals surface area contributed by atoms with Gasteiger partial charge in [-0.1, -0.05) is 143 Å². The maximum atomic E-state index is 2.46. The molecular formula is C52H39N. The van der Waals surface area contributed by atoms with Crippen molar-refractivity contribution in [3.63, 3.8) is 0 Å². The molecule has 0 bridgehead atoms. The van der Waals surface area contributed by atoms with Crippen LogP contribution < -0.4 is 4.90 Å². The van der Waals surface area contributed by atoms with Gasteiger partial charge in [0.25, 0.3) is 0 Å². The highest BCUT2D eigenvalue weighted by molar-refractivity contribution is 6.18. The van der Waals surface area contributed by atoms with E-state index >= 15 is 0 Å². The highest BCUT2D eigenvalue weighted by Gasteiger charge is 2.39. The summed E-state index contributed by atoms with van der Waals surface area (Å²) in [5, 5.41) is 10.5. The quantitative estimate of drug-likeness (QED) is 0.168. The topological polar surface area (TPSA) is 3.24 Å². The minimum Gasteiger partial charge on any atom is -0.310 e. The first-order valence-electron chi connectivity index (χ1n) is 18.9.